The average Bonchev–Trinajstić information content (AvgIpc) is 2.49. The van der Waals surface area contributed by atoms with Gasteiger partial charge < -0.3 is 15.5 Å². The Kier molecular flexibility index (Phi) is 6.02. The number of carbonyl (C=O) groups excluding carboxylic acids is 1. The van der Waals surface area contributed by atoms with Gasteiger partial charge in [-0.25, -0.2) is 0 Å². The number of nitrogens with zero attached hydrogens (tertiary/aromatic N) is 2. The number of carbonyl (C=O) groups is 1. The van der Waals surface area contributed by atoms with E-state index in [9.17, 15) is 4.79 Å². The van der Waals surface area contributed by atoms with E-state index in [1.54, 1.807) is 0 Å². The molecule has 5 heteroatoms. The van der Waals surface area contributed by atoms with Crippen LogP contribution in [0.1, 0.15) is 38.5 Å². The number of nitrogens with one attached hydrogen (secondary N) is 2. The first-order chi connectivity index (χ1) is 10.0. The molecule has 5 nitrogen and oxygen atoms in total. The summed E-state index contributed by atoms with van der Waals surface area (Å²) >= 11 is 0. The molecular formula is C16H32N4O. The Morgan fingerprint density at radius 2 is 1.90 bits per heavy atom. The van der Waals surface area contributed by atoms with Crippen LogP contribution in [0.3, 0.4) is 0 Å². The molecule has 0 aromatic carbocycles. The molecule has 0 aromatic rings. The van der Waals surface area contributed by atoms with Crippen molar-refractivity contribution < 1.29 is 4.79 Å². The molecule has 1 amide bonds. The Bertz CT molecular complexity index is 341. The minimum atomic E-state index is 0.0393. The van der Waals surface area contributed by atoms with Gasteiger partial charge in [-0.3, -0.25) is 9.69 Å². The zero-order valence-corrected chi connectivity index (χ0v) is 14.0. The highest BCUT2D eigenvalue weighted by Crippen LogP contribution is 2.30. The van der Waals surface area contributed by atoms with Gasteiger partial charge in [-0.05, 0) is 34.0 Å². The predicted molar refractivity (Wildman–Crippen MR) is 86.4 cm³/mol. The number of likely N-dealkylation sites (N-methyl/N-ethyl adjacent to an activating group) is 2. The minimum Gasteiger partial charge on any atom is -0.354 e. The lowest BCUT2D eigenvalue weighted by Gasteiger charge is -2.39. The van der Waals surface area contributed by atoms with Crippen LogP contribution in [0.25, 0.3) is 0 Å². The molecule has 1 atom stereocenters. The largest absolute Gasteiger partial charge is 0.354 e. The normalized spacial score (nSPS) is 27.5. The van der Waals surface area contributed by atoms with Gasteiger partial charge in [0.25, 0.3) is 0 Å². The molecule has 1 heterocycles. The zero-order chi connectivity index (χ0) is 15.3. The fourth-order valence-corrected chi connectivity index (χ4v) is 3.67. The first-order valence-corrected chi connectivity index (χ1v) is 8.39. The van der Waals surface area contributed by atoms with Crippen molar-refractivity contribution in [2.24, 2.45) is 0 Å². The third-order valence-corrected chi connectivity index (χ3v) is 5.35. The molecule has 1 aliphatic carbocycles. The van der Waals surface area contributed by atoms with E-state index in [4.69, 9.17) is 0 Å². The van der Waals surface area contributed by atoms with Crippen molar-refractivity contribution >= 4 is 5.91 Å². The summed E-state index contributed by atoms with van der Waals surface area (Å²) in [5, 5.41) is 6.59. The van der Waals surface area contributed by atoms with Gasteiger partial charge >= 0.3 is 0 Å². The number of piperazine rings is 1. The fourth-order valence-electron chi connectivity index (χ4n) is 3.67. The van der Waals surface area contributed by atoms with Gasteiger partial charge in [0, 0.05) is 44.2 Å². The van der Waals surface area contributed by atoms with Crippen molar-refractivity contribution in [2.75, 3.05) is 47.3 Å². The summed E-state index contributed by atoms with van der Waals surface area (Å²) in [6, 6.07) is 0.435. The first-order valence-electron chi connectivity index (χ1n) is 8.39. The van der Waals surface area contributed by atoms with E-state index in [-0.39, 0.29) is 11.4 Å². The van der Waals surface area contributed by atoms with Crippen LogP contribution in [0.4, 0.5) is 0 Å². The molecule has 0 radical (unpaired) electrons. The second-order valence-electron chi connectivity index (χ2n) is 6.97. The smallest absolute Gasteiger partial charge is 0.221 e. The highest BCUT2D eigenvalue weighted by atomic mass is 16.1. The molecule has 122 valence electrons. The molecule has 1 unspecified atom stereocenters. The molecule has 0 spiro atoms. The van der Waals surface area contributed by atoms with Gasteiger partial charge in [0.05, 0.1) is 0 Å². The van der Waals surface area contributed by atoms with Gasteiger partial charge in [0.1, 0.15) is 0 Å². The SMILES string of the molecule is CNC1(CC(=O)NCC2CN(C)CCN2C)CCCCC1. The topological polar surface area (TPSA) is 47.6 Å². The maximum atomic E-state index is 12.3. The van der Waals surface area contributed by atoms with Crippen LogP contribution in [0, 0.1) is 0 Å². The molecule has 2 aliphatic rings. The van der Waals surface area contributed by atoms with E-state index in [0.717, 1.165) is 39.0 Å². The van der Waals surface area contributed by atoms with Crippen molar-refractivity contribution in [1.82, 2.24) is 20.4 Å². The van der Waals surface area contributed by atoms with Gasteiger partial charge in [-0.1, -0.05) is 19.3 Å². The highest BCUT2D eigenvalue weighted by Gasteiger charge is 2.33. The Morgan fingerprint density at radius 1 is 1.19 bits per heavy atom. The van der Waals surface area contributed by atoms with Crippen LogP contribution in [0.5, 0.6) is 0 Å². The van der Waals surface area contributed by atoms with Crippen LogP contribution >= 0.6 is 0 Å². The molecular weight excluding hydrogens is 264 g/mol. The van der Waals surface area contributed by atoms with Gasteiger partial charge in [-0.2, -0.15) is 0 Å². The monoisotopic (exact) mass is 296 g/mol. The zero-order valence-electron chi connectivity index (χ0n) is 14.0. The van der Waals surface area contributed by atoms with Crippen molar-refractivity contribution in [3.8, 4) is 0 Å². The molecule has 21 heavy (non-hydrogen) atoms. The molecule has 2 rings (SSSR count). The first kappa shape index (κ1) is 16.7. The summed E-state index contributed by atoms with van der Waals surface area (Å²) in [5.74, 6) is 0.202. The van der Waals surface area contributed by atoms with Crippen LogP contribution in [0.2, 0.25) is 0 Å². The standard InChI is InChI=1S/C16H32N4O/c1-17-16(7-5-4-6-8-16)11-15(21)18-12-14-13-19(2)9-10-20(14)3/h14,17H,4-13H2,1-3H3,(H,18,21). The summed E-state index contributed by atoms with van der Waals surface area (Å²) in [7, 11) is 6.31. The van der Waals surface area contributed by atoms with E-state index in [2.05, 4.69) is 34.5 Å². The van der Waals surface area contributed by atoms with Crippen LogP contribution < -0.4 is 10.6 Å². The van der Waals surface area contributed by atoms with E-state index in [0.29, 0.717) is 12.5 Å². The Labute approximate surface area is 129 Å². The second kappa shape index (κ2) is 7.56. The third kappa shape index (κ3) is 4.66. The molecule has 1 aliphatic heterocycles. The van der Waals surface area contributed by atoms with E-state index >= 15 is 0 Å². The maximum Gasteiger partial charge on any atom is 0.221 e. The maximum absolute atomic E-state index is 12.3. The number of rotatable bonds is 5. The van der Waals surface area contributed by atoms with Gasteiger partial charge in [-0.15, -0.1) is 0 Å². The van der Waals surface area contributed by atoms with Gasteiger partial charge in [0.15, 0.2) is 0 Å². The lowest BCUT2D eigenvalue weighted by atomic mass is 9.79. The molecule has 0 aromatic heterocycles. The summed E-state index contributed by atoms with van der Waals surface area (Å²) in [6.45, 7) is 3.99. The number of hydrogen-bond acceptors (Lipinski definition) is 4. The Hall–Kier alpha value is -0.650. The van der Waals surface area contributed by atoms with Crippen molar-refractivity contribution in [3.05, 3.63) is 0 Å². The highest BCUT2D eigenvalue weighted by molar-refractivity contribution is 5.77. The quantitative estimate of drug-likeness (QED) is 0.782. The van der Waals surface area contributed by atoms with Crippen LogP contribution in [-0.2, 0) is 4.79 Å². The molecule has 0 bridgehead atoms. The van der Waals surface area contributed by atoms with Crippen molar-refractivity contribution in [3.63, 3.8) is 0 Å². The summed E-state index contributed by atoms with van der Waals surface area (Å²) in [5.41, 5.74) is 0.0393. The van der Waals surface area contributed by atoms with Crippen molar-refractivity contribution in [2.45, 2.75) is 50.1 Å². The van der Waals surface area contributed by atoms with E-state index in [1.165, 1.54) is 19.3 Å². The number of amides is 1. The molecule has 1 saturated heterocycles. The Morgan fingerprint density at radius 3 is 2.57 bits per heavy atom. The molecule has 1 saturated carbocycles. The second-order valence-corrected chi connectivity index (χ2v) is 6.97. The summed E-state index contributed by atoms with van der Waals surface area (Å²) in [6.07, 6.45) is 6.67. The predicted octanol–water partition coefficient (Wildman–Crippen LogP) is 0.661. The van der Waals surface area contributed by atoms with E-state index in [1.807, 2.05) is 7.05 Å². The van der Waals surface area contributed by atoms with Crippen molar-refractivity contribution in [1.29, 1.82) is 0 Å². The number of hydrogen-bond donors (Lipinski definition) is 2. The average molecular weight is 296 g/mol. The minimum absolute atomic E-state index is 0.0393. The lowest BCUT2D eigenvalue weighted by Crippen LogP contribution is -2.55. The third-order valence-electron chi connectivity index (χ3n) is 5.35. The lowest BCUT2D eigenvalue weighted by molar-refractivity contribution is -0.123. The van der Waals surface area contributed by atoms with E-state index < -0.39 is 0 Å². The molecule has 2 fully saturated rings. The summed E-state index contributed by atoms with van der Waals surface area (Å²) < 4.78 is 0. The summed E-state index contributed by atoms with van der Waals surface area (Å²) in [4.78, 5) is 17.0. The fraction of sp³-hybridized carbons (Fsp3) is 0.938. The van der Waals surface area contributed by atoms with Gasteiger partial charge in [0.2, 0.25) is 5.91 Å². The van der Waals surface area contributed by atoms with Crippen LogP contribution in [-0.4, -0.2) is 74.6 Å². The molecule has 2 N–H and O–H groups in total. The van der Waals surface area contributed by atoms with Crippen LogP contribution in [0.15, 0.2) is 0 Å². The Balaban J connectivity index is 1.78.